The number of nitro benzene ring substituents is 1. The molecule has 2 atom stereocenters. The number of likely N-dealkylation sites (tertiary alicyclic amines) is 1. The summed E-state index contributed by atoms with van der Waals surface area (Å²) in [5, 5.41) is 13.9. The average Bonchev–Trinajstić information content (AvgIpc) is 3.22. The number of rotatable bonds is 6. The number of carbonyl (C=O) groups is 2. The standard InChI is InChI=1S/C22H25N3O5/c1-14-12-17(9-10-19(14)25(28)29)22(27)24-11-5-8-20(24)21(26)23-18-7-4-6-16(13-18)15(2)30-3/h4,6-7,9-10,12-13,15,20H,5,8,11H2,1-3H3,(H,23,26). The highest BCUT2D eigenvalue weighted by atomic mass is 16.6. The summed E-state index contributed by atoms with van der Waals surface area (Å²) in [5.74, 6) is -0.547. The molecule has 1 aliphatic heterocycles. The van der Waals surface area contributed by atoms with Crippen LogP contribution in [-0.4, -0.2) is 41.3 Å². The summed E-state index contributed by atoms with van der Waals surface area (Å²) in [6.45, 7) is 3.98. The summed E-state index contributed by atoms with van der Waals surface area (Å²) < 4.78 is 5.32. The van der Waals surface area contributed by atoms with Crippen LogP contribution in [0.25, 0.3) is 0 Å². The summed E-state index contributed by atoms with van der Waals surface area (Å²) >= 11 is 0. The zero-order valence-electron chi connectivity index (χ0n) is 17.3. The molecule has 0 bridgehead atoms. The molecule has 8 heteroatoms. The number of hydrogen-bond acceptors (Lipinski definition) is 5. The van der Waals surface area contributed by atoms with E-state index in [9.17, 15) is 19.7 Å². The van der Waals surface area contributed by atoms with E-state index in [1.54, 1.807) is 20.1 Å². The van der Waals surface area contributed by atoms with Gasteiger partial charge in [0.05, 0.1) is 11.0 Å². The summed E-state index contributed by atoms with van der Waals surface area (Å²) in [4.78, 5) is 38.0. The minimum absolute atomic E-state index is 0.0348. The number of aryl methyl sites for hydroxylation is 1. The molecule has 2 amide bonds. The fourth-order valence-corrected chi connectivity index (χ4v) is 3.67. The maximum Gasteiger partial charge on any atom is 0.272 e. The molecule has 1 fully saturated rings. The van der Waals surface area contributed by atoms with Crippen LogP contribution in [-0.2, 0) is 9.53 Å². The van der Waals surface area contributed by atoms with Crippen LogP contribution in [0.2, 0.25) is 0 Å². The van der Waals surface area contributed by atoms with E-state index in [0.717, 1.165) is 12.0 Å². The van der Waals surface area contributed by atoms with E-state index in [1.807, 2.05) is 25.1 Å². The van der Waals surface area contributed by atoms with Crippen molar-refractivity contribution in [1.82, 2.24) is 4.90 Å². The Morgan fingerprint density at radius 1 is 1.27 bits per heavy atom. The summed E-state index contributed by atoms with van der Waals surface area (Å²) in [6, 6.07) is 11.1. The van der Waals surface area contributed by atoms with Gasteiger partial charge < -0.3 is 15.0 Å². The van der Waals surface area contributed by atoms with Gasteiger partial charge in [-0.1, -0.05) is 12.1 Å². The number of amides is 2. The molecule has 1 heterocycles. The maximum absolute atomic E-state index is 13.0. The summed E-state index contributed by atoms with van der Waals surface area (Å²) in [5.41, 5.74) is 2.30. The highest BCUT2D eigenvalue weighted by Crippen LogP contribution is 2.25. The zero-order valence-corrected chi connectivity index (χ0v) is 17.3. The molecule has 1 saturated heterocycles. The van der Waals surface area contributed by atoms with Crippen molar-refractivity contribution >= 4 is 23.2 Å². The Hall–Kier alpha value is -3.26. The molecule has 0 saturated carbocycles. The van der Waals surface area contributed by atoms with Crippen LogP contribution >= 0.6 is 0 Å². The first-order valence-corrected chi connectivity index (χ1v) is 9.81. The monoisotopic (exact) mass is 411 g/mol. The number of nitro groups is 1. The van der Waals surface area contributed by atoms with Gasteiger partial charge in [-0.25, -0.2) is 0 Å². The Balaban J connectivity index is 1.75. The lowest BCUT2D eigenvalue weighted by Crippen LogP contribution is -2.43. The third-order valence-electron chi connectivity index (χ3n) is 5.43. The third kappa shape index (κ3) is 4.49. The normalized spacial score (nSPS) is 16.9. The second-order valence-electron chi connectivity index (χ2n) is 7.41. The maximum atomic E-state index is 13.0. The van der Waals surface area contributed by atoms with Crippen molar-refractivity contribution in [2.24, 2.45) is 0 Å². The van der Waals surface area contributed by atoms with E-state index in [1.165, 1.54) is 23.1 Å². The predicted molar refractivity (Wildman–Crippen MR) is 112 cm³/mol. The number of anilines is 1. The quantitative estimate of drug-likeness (QED) is 0.575. The van der Waals surface area contributed by atoms with Gasteiger partial charge in [-0.2, -0.15) is 0 Å². The Morgan fingerprint density at radius 2 is 2.03 bits per heavy atom. The lowest BCUT2D eigenvalue weighted by Gasteiger charge is -2.24. The molecule has 0 aliphatic carbocycles. The molecular weight excluding hydrogens is 386 g/mol. The second kappa shape index (κ2) is 9.04. The highest BCUT2D eigenvalue weighted by Gasteiger charge is 2.35. The number of nitrogens with one attached hydrogen (secondary N) is 1. The van der Waals surface area contributed by atoms with Gasteiger partial charge in [-0.3, -0.25) is 19.7 Å². The minimum Gasteiger partial charge on any atom is -0.377 e. The Kier molecular flexibility index (Phi) is 6.47. The SMILES string of the molecule is COC(C)c1cccc(NC(=O)C2CCCN2C(=O)c2ccc([N+](=O)[O-])c(C)c2)c1. The summed E-state index contributed by atoms with van der Waals surface area (Å²) in [6.07, 6.45) is 1.19. The number of hydrogen-bond donors (Lipinski definition) is 1. The number of methoxy groups -OCH3 is 1. The second-order valence-corrected chi connectivity index (χ2v) is 7.41. The van der Waals surface area contributed by atoms with Crippen molar-refractivity contribution in [2.45, 2.75) is 38.8 Å². The van der Waals surface area contributed by atoms with Crippen molar-refractivity contribution in [3.8, 4) is 0 Å². The lowest BCUT2D eigenvalue weighted by atomic mass is 10.1. The number of ether oxygens (including phenoxy) is 1. The molecule has 158 valence electrons. The molecule has 0 spiro atoms. The molecule has 2 aromatic carbocycles. The molecule has 0 radical (unpaired) electrons. The first-order valence-electron chi connectivity index (χ1n) is 9.81. The smallest absolute Gasteiger partial charge is 0.272 e. The van der Waals surface area contributed by atoms with Crippen LogP contribution in [0.1, 0.15) is 47.4 Å². The van der Waals surface area contributed by atoms with Crippen LogP contribution in [0, 0.1) is 17.0 Å². The summed E-state index contributed by atoms with van der Waals surface area (Å²) in [7, 11) is 1.62. The van der Waals surface area contributed by atoms with Gasteiger partial charge in [-0.05, 0) is 56.5 Å². The van der Waals surface area contributed by atoms with E-state index in [4.69, 9.17) is 4.74 Å². The van der Waals surface area contributed by atoms with E-state index >= 15 is 0 Å². The van der Waals surface area contributed by atoms with Gasteiger partial charge in [0.1, 0.15) is 6.04 Å². The average molecular weight is 411 g/mol. The molecule has 8 nitrogen and oxygen atoms in total. The van der Waals surface area contributed by atoms with Gasteiger partial charge in [0.2, 0.25) is 5.91 Å². The Labute approximate surface area is 175 Å². The topological polar surface area (TPSA) is 102 Å². The molecule has 3 rings (SSSR count). The van der Waals surface area contributed by atoms with Crippen molar-refractivity contribution in [1.29, 1.82) is 0 Å². The lowest BCUT2D eigenvalue weighted by molar-refractivity contribution is -0.385. The van der Waals surface area contributed by atoms with Gasteiger partial charge in [-0.15, -0.1) is 0 Å². The van der Waals surface area contributed by atoms with Gasteiger partial charge in [0, 0.05) is 36.5 Å². The molecule has 30 heavy (non-hydrogen) atoms. The number of nitrogens with zero attached hydrogens (tertiary/aromatic N) is 2. The first kappa shape index (κ1) is 21.4. The number of carbonyl (C=O) groups excluding carboxylic acids is 2. The Bertz CT molecular complexity index is 975. The highest BCUT2D eigenvalue weighted by molar-refractivity contribution is 6.01. The molecule has 1 N–H and O–H groups in total. The molecule has 2 unspecified atom stereocenters. The van der Waals surface area contributed by atoms with Crippen LogP contribution in [0.15, 0.2) is 42.5 Å². The first-order chi connectivity index (χ1) is 14.3. The Morgan fingerprint density at radius 3 is 2.70 bits per heavy atom. The minimum atomic E-state index is -0.587. The fraction of sp³-hybridized carbons (Fsp3) is 0.364. The van der Waals surface area contributed by atoms with Crippen molar-refractivity contribution in [3.63, 3.8) is 0 Å². The van der Waals surface area contributed by atoms with Crippen LogP contribution < -0.4 is 5.32 Å². The molecule has 0 aromatic heterocycles. The van der Waals surface area contributed by atoms with Crippen molar-refractivity contribution in [3.05, 3.63) is 69.3 Å². The predicted octanol–water partition coefficient (Wildman–Crippen LogP) is 3.85. The van der Waals surface area contributed by atoms with Crippen LogP contribution in [0.3, 0.4) is 0 Å². The zero-order chi connectivity index (χ0) is 21.8. The van der Waals surface area contributed by atoms with Crippen molar-refractivity contribution < 1.29 is 19.2 Å². The molecular formula is C22H25N3O5. The van der Waals surface area contributed by atoms with Crippen LogP contribution in [0.4, 0.5) is 11.4 Å². The van der Waals surface area contributed by atoms with E-state index in [2.05, 4.69) is 5.32 Å². The molecule has 1 aliphatic rings. The van der Waals surface area contributed by atoms with E-state index < -0.39 is 11.0 Å². The van der Waals surface area contributed by atoms with E-state index in [-0.39, 0.29) is 23.6 Å². The van der Waals surface area contributed by atoms with E-state index in [0.29, 0.717) is 29.8 Å². The van der Waals surface area contributed by atoms with Crippen molar-refractivity contribution in [2.75, 3.05) is 19.0 Å². The third-order valence-corrected chi connectivity index (χ3v) is 5.43. The largest absolute Gasteiger partial charge is 0.377 e. The van der Waals surface area contributed by atoms with Crippen LogP contribution in [0.5, 0.6) is 0 Å². The van der Waals surface area contributed by atoms with Gasteiger partial charge >= 0.3 is 0 Å². The van der Waals surface area contributed by atoms with Gasteiger partial charge in [0.25, 0.3) is 11.6 Å². The fourth-order valence-electron chi connectivity index (χ4n) is 3.67. The van der Waals surface area contributed by atoms with Gasteiger partial charge in [0.15, 0.2) is 0 Å². The molecule has 2 aromatic rings. The number of benzene rings is 2.